The summed E-state index contributed by atoms with van der Waals surface area (Å²) in [6, 6.07) is 0.790. The molecule has 1 unspecified atom stereocenters. The highest BCUT2D eigenvalue weighted by Gasteiger charge is 2.23. The largest absolute Gasteiger partial charge is 0.354 e. The van der Waals surface area contributed by atoms with Crippen LogP contribution in [0.15, 0.2) is 4.99 Å². The van der Waals surface area contributed by atoms with Gasteiger partial charge < -0.3 is 15.2 Å². The normalized spacial score (nSPS) is 19.8. The number of nitrogens with zero attached hydrogens (tertiary/aromatic N) is 7. The second-order valence-electron chi connectivity index (χ2n) is 8.23. The molecule has 0 bridgehead atoms. The van der Waals surface area contributed by atoms with Gasteiger partial charge in [-0.05, 0) is 26.2 Å². The molecule has 2 aromatic rings. The van der Waals surface area contributed by atoms with Crippen LogP contribution in [-0.4, -0.2) is 47.6 Å². The minimum atomic E-state index is 0. The quantitative estimate of drug-likeness (QED) is 0.352. The number of rotatable bonds is 5. The van der Waals surface area contributed by atoms with Gasteiger partial charge in [0, 0.05) is 32.0 Å². The predicted octanol–water partition coefficient (Wildman–Crippen LogP) is 2.28. The first-order chi connectivity index (χ1) is 14.1. The molecule has 2 aromatic heterocycles. The van der Waals surface area contributed by atoms with Gasteiger partial charge in [-0.15, -0.1) is 34.2 Å². The maximum Gasteiger partial charge on any atom is 0.192 e. The van der Waals surface area contributed by atoms with Gasteiger partial charge in [-0.2, -0.15) is 5.10 Å². The van der Waals surface area contributed by atoms with E-state index in [2.05, 4.69) is 42.5 Å². The molecule has 10 heteroatoms. The van der Waals surface area contributed by atoms with Gasteiger partial charge in [0.05, 0.1) is 6.54 Å². The van der Waals surface area contributed by atoms with Crippen molar-refractivity contribution in [2.75, 3.05) is 0 Å². The molecule has 0 amide bonds. The Bertz CT molecular complexity index is 851. The third-order valence-electron chi connectivity index (χ3n) is 6.07. The average molecular weight is 527 g/mol. The third kappa shape index (κ3) is 5.50. The average Bonchev–Trinajstić information content (AvgIpc) is 3.30. The Balaban J connectivity index is 0.00000256. The standard InChI is InChI=1S/C20H33N9.HI/c1-4-17-24-18-11-10-16(13-29(18)27-17)23-20(22-15-8-6-5-7-9-15)21-12-19-26-25-14(2)28(19)3;/h15-16H,4-13H2,1-3H3,(H2,21,22,23);1H. The van der Waals surface area contributed by atoms with E-state index in [0.29, 0.717) is 18.6 Å². The highest BCUT2D eigenvalue weighted by atomic mass is 127. The highest BCUT2D eigenvalue weighted by Crippen LogP contribution is 2.18. The van der Waals surface area contributed by atoms with Gasteiger partial charge in [0.2, 0.25) is 0 Å². The molecule has 1 aliphatic heterocycles. The van der Waals surface area contributed by atoms with Crippen LogP contribution in [0, 0.1) is 6.92 Å². The van der Waals surface area contributed by atoms with Crippen LogP contribution in [0.3, 0.4) is 0 Å². The van der Waals surface area contributed by atoms with Gasteiger partial charge in [-0.3, -0.25) is 0 Å². The van der Waals surface area contributed by atoms with Crippen molar-refractivity contribution in [1.82, 2.24) is 40.2 Å². The van der Waals surface area contributed by atoms with Crippen molar-refractivity contribution in [3.8, 4) is 0 Å². The number of aryl methyl sites for hydroxylation is 3. The van der Waals surface area contributed by atoms with E-state index in [9.17, 15) is 0 Å². The van der Waals surface area contributed by atoms with E-state index in [1.165, 1.54) is 32.1 Å². The molecular weight excluding hydrogens is 493 g/mol. The number of hydrogen-bond acceptors (Lipinski definition) is 5. The number of fused-ring (bicyclic) bond motifs is 1. The van der Waals surface area contributed by atoms with Crippen LogP contribution in [-0.2, 0) is 33.0 Å². The van der Waals surface area contributed by atoms with Crippen molar-refractivity contribution >= 4 is 29.9 Å². The van der Waals surface area contributed by atoms with Crippen molar-refractivity contribution in [3.63, 3.8) is 0 Å². The highest BCUT2D eigenvalue weighted by molar-refractivity contribution is 14.0. The number of hydrogen-bond donors (Lipinski definition) is 2. The van der Waals surface area contributed by atoms with Gasteiger partial charge in [0.15, 0.2) is 17.6 Å². The number of aromatic nitrogens is 6. The zero-order valence-electron chi connectivity index (χ0n) is 18.3. The number of halogens is 1. The van der Waals surface area contributed by atoms with Crippen LogP contribution in [0.2, 0.25) is 0 Å². The van der Waals surface area contributed by atoms with Crippen molar-refractivity contribution in [2.24, 2.45) is 12.0 Å². The van der Waals surface area contributed by atoms with Crippen LogP contribution in [0.4, 0.5) is 0 Å². The van der Waals surface area contributed by atoms with Crippen LogP contribution < -0.4 is 10.6 Å². The van der Waals surface area contributed by atoms with Crippen molar-refractivity contribution in [1.29, 1.82) is 0 Å². The molecule has 0 spiro atoms. The Morgan fingerprint density at radius 1 is 1.10 bits per heavy atom. The second kappa shape index (κ2) is 10.5. The van der Waals surface area contributed by atoms with E-state index >= 15 is 0 Å². The molecule has 166 valence electrons. The van der Waals surface area contributed by atoms with Gasteiger partial charge in [0.25, 0.3) is 0 Å². The van der Waals surface area contributed by atoms with Crippen LogP contribution >= 0.6 is 24.0 Å². The van der Waals surface area contributed by atoms with Gasteiger partial charge in [0.1, 0.15) is 18.2 Å². The molecule has 1 fully saturated rings. The van der Waals surface area contributed by atoms with Crippen molar-refractivity contribution in [3.05, 3.63) is 23.3 Å². The minimum absolute atomic E-state index is 0. The minimum Gasteiger partial charge on any atom is -0.354 e. The molecule has 3 heterocycles. The summed E-state index contributed by atoms with van der Waals surface area (Å²) in [6.45, 7) is 5.41. The van der Waals surface area contributed by atoms with E-state index in [1.807, 2.05) is 18.5 Å². The smallest absolute Gasteiger partial charge is 0.192 e. The fourth-order valence-electron chi connectivity index (χ4n) is 4.13. The summed E-state index contributed by atoms with van der Waals surface area (Å²) < 4.78 is 4.06. The molecule has 1 saturated carbocycles. The molecule has 0 radical (unpaired) electrons. The lowest BCUT2D eigenvalue weighted by Crippen LogP contribution is -2.50. The summed E-state index contributed by atoms with van der Waals surface area (Å²) in [5.74, 6) is 4.70. The van der Waals surface area contributed by atoms with E-state index in [0.717, 1.165) is 55.1 Å². The second-order valence-corrected chi connectivity index (χ2v) is 8.23. The summed E-state index contributed by atoms with van der Waals surface area (Å²) in [4.78, 5) is 9.48. The lowest BCUT2D eigenvalue weighted by Gasteiger charge is -2.29. The molecular formula is C20H34IN9. The monoisotopic (exact) mass is 527 g/mol. The Labute approximate surface area is 195 Å². The summed E-state index contributed by atoms with van der Waals surface area (Å²) in [6.07, 6.45) is 9.21. The Morgan fingerprint density at radius 2 is 1.87 bits per heavy atom. The first-order valence-corrected chi connectivity index (χ1v) is 11.0. The molecule has 30 heavy (non-hydrogen) atoms. The Kier molecular flexibility index (Phi) is 8.06. The fourth-order valence-corrected chi connectivity index (χ4v) is 4.13. The first kappa shape index (κ1) is 23.0. The predicted molar refractivity (Wildman–Crippen MR) is 127 cm³/mol. The number of guanidine groups is 1. The molecule has 9 nitrogen and oxygen atoms in total. The SMILES string of the molecule is CCc1nc2n(n1)CC(NC(=NCc1nnc(C)n1C)NC1CCCCC1)CC2.I. The van der Waals surface area contributed by atoms with E-state index in [1.54, 1.807) is 0 Å². The molecule has 2 N–H and O–H groups in total. The summed E-state index contributed by atoms with van der Waals surface area (Å²) in [5, 5.41) is 20.4. The topological polar surface area (TPSA) is 97.8 Å². The van der Waals surface area contributed by atoms with Crippen molar-refractivity contribution < 1.29 is 0 Å². The molecule has 4 rings (SSSR count). The van der Waals surface area contributed by atoms with E-state index in [-0.39, 0.29) is 24.0 Å². The third-order valence-corrected chi connectivity index (χ3v) is 6.07. The Morgan fingerprint density at radius 3 is 2.57 bits per heavy atom. The van der Waals surface area contributed by atoms with Gasteiger partial charge in [-0.25, -0.2) is 14.7 Å². The number of aliphatic imine (C=N–C) groups is 1. The van der Waals surface area contributed by atoms with Crippen LogP contribution in [0.25, 0.3) is 0 Å². The zero-order chi connectivity index (χ0) is 20.2. The van der Waals surface area contributed by atoms with Crippen molar-refractivity contribution in [2.45, 2.75) is 90.4 Å². The summed E-state index contributed by atoms with van der Waals surface area (Å²) >= 11 is 0. The first-order valence-electron chi connectivity index (χ1n) is 11.0. The maximum absolute atomic E-state index is 4.86. The maximum atomic E-state index is 4.86. The van der Waals surface area contributed by atoms with Crippen LogP contribution in [0.1, 0.15) is 68.7 Å². The fraction of sp³-hybridized carbons (Fsp3) is 0.750. The molecule has 1 atom stereocenters. The zero-order valence-corrected chi connectivity index (χ0v) is 20.6. The van der Waals surface area contributed by atoms with E-state index in [4.69, 9.17) is 4.99 Å². The number of nitrogens with one attached hydrogen (secondary N) is 2. The Hall–Kier alpha value is -1.72. The van der Waals surface area contributed by atoms with Gasteiger partial charge >= 0.3 is 0 Å². The molecule has 2 aliphatic rings. The lowest BCUT2D eigenvalue weighted by atomic mass is 9.96. The molecule has 0 saturated heterocycles. The molecule has 0 aromatic carbocycles. The van der Waals surface area contributed by atoms with Crippen LogP contribution in [0.5, 0.6) is 0 Å². The summed E-state index contributed by atoms with van der Waals surface area (Å²) in [7, 11) is 1.99. The van der Waals surface area contributed by atoms with Gasteiger partial charge in [-0.1, -0.05) is 26.2 Å². The van der Waals surface area contributed by atoms with E-state index < -0.39 is 0 Å². The lowest BCUT2D eigenvalue weighted by molar-refractivity contribution is 0.378. The summed E-state index contributed by atoms with van der Waals surface area (Å²) in [5.41, 5.74) is 0. The molecule has 1 aliphatic carbocycles.